The minimum atomic E-state index is -1.16. The summed E-state index contributed by atoms with van der Waals surface area (Å²) in [5, 5.41) is 1.81. The van der Waals surface area contributed by atoms with E-state index in [0.717, 1.165) is 6.08 Å². The smallest absolute Gasteiger partial charge is 0.331 e. The summed E-state index contributed by atoms with van der Waals surface area (Å²) >= 11 is 0. The Morgan fingerprint density at radius 2 is 2.09 bits per heavy atom. The molecular weight excluding hydrogens is 290 g/mol. The molecule has 3 amide bonds. The number of imide groups is 1. The highest BCUT2D eigenvalue weighted by molar-refractivity contribution is 5.97. The van der Waals surface area contributed by atoms with E-state index in [2.05, 4.69) is 4.98 Å². The summed E-state index contributed by atoms with van der Waals surface area (Å²) in [6.45, 7) is 1.31. The summed E-state index contributed by atoms with van der Waals surface area (Å²) < 4.78 is 10.2. The molecule has 2 aromatic rings. The number of hydrogen-bond donors (Lipinski definition) is 2. The summed E-state index contributed by atoms with van der Waals surface area (Å²) in [5.41, 5.74) is 6.03. The van der Waals surface area contributed by atoms with Crippen molar-refractivity contribution in [2.24, 2.45) is 5.73 Å². The number of nitrogens with zero attached hydrogens (tertiary/aromatic N) is 1. The van der Waals surface area contributed by atoms with Crippen LogP contribution in [0.4, 0.5) is 4.79 Å². The fraction of sp³-hybridized carbons (Fsp3) is 0.143. The first-order valence-electron chi connectivity index (χ1n) is 6.30. The number of urea groups is 1. The van der Waals surface area contributed by atoms with Crippen molar-refractivity contribution in [2.75, 3.05) is 0 Å². The number of nitrogens with two attached hydrogens (primary N) is 1. The molecule has 0 saturated heterocycles. The van der Waals surface area contributed by atoms with Crippen molar-refractivity contribution < 1.29 is 23.5 Å². The average Bonchev–Trinajstić information content (AvgIpc) is 2.87. The molecule has 0 saturated carbocycles. The Hall–Kier alpha value is -3.16. The fourth-order valence-corrected chi connectivity index (χ4v) is 1.59. The van der Waals surface area contributed by atoms with E-state index in [9.17, 15) is 14.4 Å². The Morgan fingerprint density at radius 1 is 1.36 bits per heavy atom. The number of amides is 3. The number of esters is 1. The van der Waals surface area contributed by atoms with Gasteiger partial charge in [-0.15, -0.1) is 0 Å². The zero-order valence-electron chi connectivity index (χ0n) is 11.6. The van der Waals surface area contributed by atoms with Crippen LogP contribution in [0.5, 0.6) is 0 Å². The molecule has 8 heteroatoms. The van der Waals surface area contributed by atoms with Crippen molar-refractivity contribution in [3.8, 4) is 0 Å². The Balaban J connectivity index is 1.96. The van der Waals surface area contributed by atoms with Gasteiger partial charge in [0.2, 0.25) is 5.89 Å². The van der Waals surface area contributed by atoms with Gasteiger partial charge in [-0.3, -0.25) is 10.1 Å². The van der Waals surface area contributed by atoms with Gasteiger partial charge in [-0.1, -0.05) is 12.1 Å². The highest BCUT2D eigenvalue weighted by Gasteiger charge is 2.17. The maximum atomic E-state index is 11.6. The van der Waals surface area contributed by atoms with Crippen LogP contribution in [0.15, 0.2) is 34.8 Å². The molecule has 0 bridgehead atoms. The standard InChI is InChI=1S/C14H13N3O5/c1-8(13(19)17-14(15)20)21-12(18)7-6-11-16-9-4-2-3-5-10(9)22-11/h2-8H,1H3,(H3,15,17,19,20)/b7-6+/t8-/m1/s1. The maximum absolute atomic E-state index is 11.6. The third-order valence-corrected chi connectivity index (χ3v) is 2.58. The molecular formula is C14H13N3O5. The predicted molar refractivity (Wildman–Crippen MR) is 76.3 cm³/mol. The molecule has 0 spiro atoms. The van der Waals surface area contributed by atoms with E-state index in [4.69, 9.17) is 14.9 Å². The van der Waals surface area contributed by atoms with Gasteiger partial charge in [0, 0.05) is 12.2 Å². The molecule has 114 valence electrons. The van der Waals surface area contributed by atoms with Gasteiger partial charge in [0.05, 0.1) is 0 Å². The number of nitrogens with one attached hydrogen (secondary N) is 1. The van der Waals surface area contributed by atoms with E-state index in [1.165, 1.54) is 13.0 Å². The van der Waals surface area contributed by atoms with Gasteiger partial charge in [-0.05, 0) is 19.1 Å². The Kier molecular flexibility index (Phi) is 4.52. The molecule has 8 nitrogen and oxygen atoms in total. The third kappa shape index (κ3) is 3.92. The molecule has 2 rings (SSSR count). The molecule has 0 aliphatic carbocycles. The first kappa shape index (κ1) is 15.2. The lowest BCUT2D eigenvalue weighted by molar-refractivity contribution is -0.149. The van der Waals surface area contributed by atoms with Gasteiger partial charge in [0.25, 0.3) is 5.91 Å². The number of primary amides is 1. The summed E-state index contributed by atoms with van der Waals surface area (Å²) in [5.74, 6) is -1.36. The first-order chi connectivity index (χ1) is 10.5. The zero-order valence-corrected chi connectivity index (χ0v) is 11.6. The molecule has 22 heavy (non-hydrogen) atoms. The Labute approximate surface area is 124 Å². The van der Waals surface area contributed by atoms with Gasteiger partial charge >= 0.3 is 12.0 Å². The number of ether oxygens (including phenoxy) is 1. The predicted octanol–water partition coefficient (Wildman–Crippen LogP) is 0.968. The second kappa shape index (κ2) is 6.53. The summed E-state index contributed by atoms with van der Waals surface area (Å²) in [4.78, 5) is 37.5. The fourth-order valence-electron chi connectivity index (χ4n) is 1.59. The number of carbonyl (C=O) groups is 3. The number of carbonyl (C=O) groups excluding carboxylic acids is 3. The molecule has 3 N–H and O–H groups in total. The van der Waals surface area contributed by atoms with Crippen molar-refractivity contribution in [2.45, 2.75) is 13.0 Å². The van der Waals surface area contributed by atoms with Crippen LogP contribution in [0.2, 0.25) is 0 Å². The van der Waals surface area contributed by atoms with E-state index >= 15 is 0 Å². The van der Waals surface area contributed by atoms with Crippen molar-refractivity contribution >= 4 is 35.1 Å². The van der Waals surface area contributed by atoms with E-state index in [1.54, 1.807) is 18.2 Å². The number of fused-ring (bicyclic) bond motifs is 1. The molecule has 1 aromatic heterocycles. The summed E-state index contributed by atoms with van der Waals surface area (Å²) in [6, 6.07) is 6.11. The molecule has 0 aliphatic heterocycles. The number of para-hydroxylation sites is 2. The van der Waals surface area contributed by atoms with E-state index in [1.807, 2.05) is 11.4 Å². The summed E-state index contributed by atoms with van der Waals surface area (Å²) in [6.07, 6.45) is 1.23. The van der Waals surface area contributed by atoms with Crippen LogP contribution in [0.3, 0.4) is 0 Å². The van der Waals surface area contributed by atoms with Crippen LogP contribution in [-0.4, -0.2) is 29.0 Å². The van der Waals surface area contributed by atoms with Gasteiger partial charge in [-0.25, -0.2) is 14.6 Å². The van der Waals surface area contributed by atoms with E-state index < -0.39 is 24.0 Å². The Bertz CT molecular complexity index is 717. The van der Waals surface area contributed by atoms with Crippen molar-refractivity contribution in [1.82, 2.24) is 10.3 Å². The SMILES string of the molecule is C[C@@H](OC(=O)/C=C/c1nc2ccccc2o1)C(=O)NC(N)=O. The monoisotopic (exact) mass is 303 g/mol. The lowest BCUT2D eigenvalue weighted by Gasteiger charge is -2.09. The number of hydrogen-bond acceptors (Lipinski definition) is 6. The van der Waals surface area contributed by atoms with Crippen molar-refractivity contribution in [3.05, 3.63) is 36.2 Å². The molecule has 0 radical (unpaired) electrons. The molecule has 0 fully saturated rings. The van der Waals surface area contributed by atoms with Crippen molar-refractivity contribution in [3.63, 3.8) is 0 Å². The quantitative estimate of drug-likeness (QED) is 0.640. The zero-order chi connectivity index (χ0) is 16.1. The first-order valence-corrected chi connectivity index (χ1v) is 6.30. The summed E-state index contributed by atoms with van der Waals surface area (Å²) in [7, 11) is 0. The van der Waals surface area contributed by atoms with Crippen LogP contribution < -0.4 is 11.1 Å². The lowest BCUT2D eigenvalue weighted by atomic mass is 10.3. The highest BCUT2D eigenvalue weighted by Crippen LogP contribution is 2.15. The van der Waals surface area contributed by atoms with Crippen LogP contribution in [0, 0.1) is 0 Å². The van der Waals surface area contributed by atoms with Gasteiger partial charge in [0.15, 0.2) is 11.7 Å². The number of aromatic nitrogens is 1. The minimum absolute atomic E-state index is 0.229. The third-order valence-electron chi connectivity index (χ3n) is 2.58. The lowest BCUT2D eigenvalue weighted by Crippen LogP contribution is -2.42. The Morgan fingerprint density at radius 3 is 2.77 bits per heavy atom. The topological polar surface area (TPSA) is 125 Å². The second-order valence-electron chi connectivity index (χ2n) is 4.29. The van der Waals surface area contributed by atoms with Gasteiger partial charge in [0.1, 0.15) is 5.52 Å². The van der Waals surface area contributed by atoms with E-state index in [0.29, 0.717) is 11.1 Å². The van der Waals surface area contributed by atoms with Crippen molar-refractivity contribution in [1.29, 1.82) is 0 Å². The van der Waals surface area contributed by atoms with Gasteiger partial charge < -0.3 is 14.9 Å². The minimum Gasteiger partial charge on any atom is -0.449 e. The van der Waals surface area contributed by atoms with Crippen LogP contribution >= 0.6 is 0 Å². The average molecular weight is 303 g/mol. The number of rotatable bonds is 4. The second-order valence-corrected chi connectivity index (χ2v) is 4.29. The maximum Gasteiger partial charge on any atom is 0.331 e. The largest absolute Gasteiger partial charge is 0.449 e. The van der Waals surface area contributed by atoms with Crippen LogP contribution in [0.1, 0.15) is 12.8 Å². The number of benzene rings is 1. The normalized spacial score (nSPS) is 12.2. The highest BCUT2D eigenvalue weighted by atomic mass is 16.5. The van der Waals surface area contributed by atoms with Gasteiger partial charge in [-0.2, -0.15) is 0 Å². The molecule has 0 aliphatic rings. The van der Waals surface area contributed by atoms with E-state index in [-0.39, 0.29) is 5.89 Å². The molecule has 1 atom stereocenters. The number of oxazole rings is 1. The van der Waals surface area contributed by atoms with Crippen LogP contribution in [-0.2, 0) is 14.3 Å². The molecule has 1 heterocycles. The molecule has 0 unspecified atom stereocenters. The van der Waals surface area contributed by atoms with Crippen LogP contribution in [0.25, 0.3) is 17.2 Å². The molecule has 1 aromatic carbocycles.